The molecule has 188 valence electrons. The summed E-state index contributed by atoms with van der Waals surface area (Å²) in [6, 6.07) is 0. The van der Waals surface area contributed by atoms with Gasteiger partial charge in [0.25, 0.3) is 0 Å². The van der Waals surface area contributed by atoms with Crippen molar-refractivity contribution in [1.82, 2.24) is 0 Å². The number of carbonyl (C=O) groups is 2. The Morgan fingerprint density at radius 2 is 1.65 bits per heavy atom. The Morgan fingerprint density at radius 1 is 1.00 bits per heavy atom. The topological polar surface area (TPSA) is 54.4 Å². The molecule has 0 spiro atoms. The molecule has 3 fully saturated rings. The van der Waals surface area contributed by atoms with E-state index in [1.165, 1.54) is 5.57 Å². The summed E-state index contributed by atoms with van der Waals surface area (Å²) in [5, 5.41) is 10.8. The van der Waals surface area contributed by atoms with Gasteiger partial charge in [-0.1, -0.05) is 66.2 Å². The summed E-state index contributed by atoms with van der Waals surface area (Å²) in [6.07, 6.45) is 12.7. The Hall–Kier alpha value is -0.870. The summed E-state index contributed by atoms with van der Waals surface area (Å²) < 4.78 is 0. The lowest BCUT2D eigenvalue weighted by Crippen LogP contribution is -2.65. The zero-order chi connectivity index (χ0) is 25.1. The number of fused-ring (bicyclic) bond motifs is 7. The quantitative estimate of drug-likeness (QED) is 0.327. The van der Waals surface area contributed by atoms with Gasteiger partial charge in [-0.25, -0.2) is 0 Å². The van der Waals surface area contributed by atoms with E-state index in [4.69, 9.17) is 0 Å². The third-order valence-electron chi connectivity index (χ3n) is 12.6. The maximum atomic E-state index is 14.2. The van der Waals surface area contributed by atoms with Crippen LogP contribution in [0.2, 0.25) is 0 Å². The third kappa shape index (κ3) is 2.88. The van der Waals surface area contributed by atoms with E-state index < -0.39 is 11.5 Å². The molecule has 0 amide bonds. The first kappa shape index (κ1) is 24.8. The molecule has 0 aliphatic heterocycles. The number of ketones is 1. The summed E-state index contributed by atoms with van der Waals surface area (Å²) in [5.41, 5.74) is 0.350. The van der Waals surface area contributed by atoms with Gasteiger partial charge in [0.2, 0.25) is 0 Å². The average molecular weight is 485 g/mol. The van der Waals surface area contributed by atoms with Crippen LogP contribution in [0.4, 0.5) is 0 Å². The molecule has 4 heteroatoms. The average Bonchev–Trinajstić information content (AvgIpc) is 2.73. The Morgan fingerprint density at radius 3 is 2.29 bits per heavy atom. The van der Waals surface area contributed by atoms with Crippen molar-refractivity contribution in [3.63, 3.8) is 0 Å². The molecule has 0 aromatic heterocycles. The van der Waals surface area contributed by atoms with Crippen LogP contribution in [-0.4, -0.2) is 22.1 Å². The molecule has 0 unspecified atom stereocenters. The molecule has 0 aromatic rings. The second-order valence-electron chi connectivity index (χ2n) is 14.5. The van der Waals surface area contributed by atoms with Gasteiger partial charge in [0.05, 0.1) is 6.10 Å². The Balaban J connectivity index is 1.64. The van der Waals surface area contributed by atoms with Crippen LogP contribution in [-0.2, 0) is 9.59 Å². The third-order valence-corrected chi connectivity index (χ3v) is 13.1. The zero-order valence-electron chi connectivity index (χ0n) is 22.2. The van der Waals surface area contributed by atoms with E-state index >= 15 is 0 Å². The molecule has 3 nitrogen and oxygen atoms in total. The lowest BCUT2D eigenvalue weighted by Gasteiger charge is -2.69. The molecule has 0 radical (unpaired) electrons. The first-order chi connectivity index (χ1) is 15.6. The van der Waals surface area contributed by atoms with Gasteiger partial charge >= 0.3 is 0 Å². The first-order valence-electron chi connectivity index (χ1n) is 13.4. The lowest BCUT2D eigenvalue weighted by molar-refractivity contribution is -0.173. The number of carbonyl (C=O) groups excluding carboxylic acids is 2. The van der Waals surface area contributed by atoms with Crippen LogP contribution in [0.3, 0.4) is 0 Å². The maximum absolute atomic E-state index is 14.2. The van der Waals surface area contributed by atoms with E-state index in [0.717, 1.165) is 44.9 Å². The van der Waals surface area contributed by atoms with Gasteiger partial charge in [0, 0.05) is 11.3 Å². The minimum Gasteiger partial charge on any atom is -0.388 e. The van der Waals surface area contributed by atoms with Gasteiger partial charge < -0.3 is 5.11 Å². The number of hydrogen-bond acceptors (Lipinski definition) is 3. The lowest BCUT2D eigenvalue weighted by atomic mass is 9.34. The number of hydrogen-bond donors (Lipinski definition) is 2. The van der Waals surface area contributed by atoms with Gasteiger partial charge in [-0.2, -0.15) is 0 Å². The summed E-state index contributed by atoms with van der Waals surface area (Å²) in [5.74, 6) is 0.719. The van der Waals surface area contributed by atoms with Crippen molar-refractivity contribution >= 4 is 23.5 Å². The van der Waals surface area contributed by atoms with Gasteiger partial charge in [-0.15, -0.1) is 12.6 Å². The largest absolute Gasteiger partial charge is 0.388 e. The fourth-order valence-electron chi connectivity index (χ4n) is 9.83. The molecule has 0 heterocycles. The van der Waals surface area contributed by atoms with E-state index in [-0.39, 0.29) is 55.7 Å². The highest BCUT2D eigenvalue weighted by Crippen LogP contribution is 2.74. The molecule has 9 atom stereocenters. The second-order valence-corrected chi connectivity index (χ2v) is 14.9. The molecule has 34 heavy (non-hydrogen) atoms. The van der Waals surface area contributed by atoms with Crippen molar-refractivity contribution in [2.75, 3.05) is 0 Å². The number of aliphatic hydroxyl groups excluding tert-OH is 1. The minimum absolute atomic E-state index is 0.00481. The van der Waals surface area contributed by atoms with E-state index in [1.807, 2.05) is 12.2 Å². The second kappa shape index (κ2) is 7.12. The fourth-order valence-corrected chi connectivity index (χ4v) is 10.0. The molecule has 5 aliphatic rings. The molecule has 0 saturated heterocycles. The SMILES string of the molecule is CC1(C)[C@@H](O)C=C[C@@]2(C)[C@H]3C(=O)C=C4[C@@H]5C[C@@](C)(C(=O)S)CC[C@]5(C)CC[C@@]4(C)[C@]3(C)CC[C@@H]12. The van der Waals surface area contributed by atoms with Crippen LogP contribution in [0.25, 0.3) is 0 Å². The first-order valence-corrected chi connectivity index (χ1v) is 13.9. The monoisotopic (exact) mass is 484 g/mol. The van der Waals surface area contributed by atoms with Crippen molar-refractivity contribution in [3.05, 3.63) is 23.8 Å². The predicted octanol–water partition coefficient (Wildman–Crippen LogP) is 6.56. The highest BCUT2D eigenvalue weighted by atomic mass is 32.1. The molecule has 0 aromatic carbocycles. The van der Waals surface area contributed by atoms with Crippen molar-refractivity contribution in [1.29, 1.82) is 0 Å². The summed E-state index contributed by atoms with van der Waals surface area (Å²) in [7, 11) is 0. The number of aliphatic hydroxyl groups is 1. The van der Waals surface area contributed by atoms with Crippen LogP contribution >= 0.6 is 12.6 Å². The molecule has 5 aliphatic carbocycles. The van der Waals surface area contributed by atoms with Crippen molar-refractivity contribution < 1.29 is 14.7 Å². The Labute approximate surface area is 211 Å². The van der Waals surface area contributed by atoms with Gasteiger partial charge in [0.15, 0.2) is 10.9 Å². The van der Waals surface area contributed by atoms with E-state index in [0.29, 0.717) is 0 Å². The molecular formula is C30H44O3S. The Kier molecular flexibility index (Phi) is 5.20. The van der Waals surface area contributed by atoms with Crippen LogP contribution in [0, 0.1) is 50.2 Å². The number of rotatable bonds is 1. The smallest absolute Gasteiger partial charge is 0.191 e. The summed E-state index contributed by atoms with van der Waals surface area (Å²) in [4.78, 5) is 26.7. The number of thiol groups is 1. The Bertz CT molecular complexity index is 1010. The molecule has 1 N–H and O–H groups in total. The predicted molar refractivity (Wildman–Crippen MR) is 139 cm³/mol. The molecular weight excluding hydrogens is 440 g/mol. The maximum Gasteiger partial charge on any atom is 0.191 e. The highest BCUT2D eigenvalue weighted by molar-refractivity contribution is 7.96. The fraction of sp³-hybridized carbons (Fsp3) is 0.800. The number of allylic oxidation sites excluding steroid dienone is 3. The molecule has 5 rings (SSSR count). The van der Waals surface area contributed by atoms with E-state index in [9.17, 15) is 14.7 Å². The van der Waals surface area contributed by atoms with Crippen molar-refractivity contribution in [2.24, 2.45) is 50.2 Å². The normalized spacial score (nSPS) is 53.7. The van der Waals surface area contributed by atoms with Crippen LogP contribution in [0.15, 0.2) is 23.8 Å². The standard InChI is InChI=1S/C30H44O3S/c1-25(2)21-8-11-30(7)23(28(21,5)10-9-22(25)32)20(31)16-18-19-17-27(4,24(33)34)13-12-26(19,3)14-15-29(18,30)6/h9-10,16,19,21-23,32H,8,11-15,17H2,1-7H3,(H,33,34)/t19-,21-,22-,23+,26+,27-,28+,29+,30+/m0/s1. The van der Waals surface area contributed by atoms with Crippen LogP contribution < -0.4 is 0 Å². The van der Waals surface area contributed by atoms with Crippen molar-refractivity contribution in [2.45, 2.75) is 99.5 Å². The molecule has 0 bridgehead atoms. The minimum atomic E-state index is -0.468. The van der Waals surface area contributed by atoms with Crippen LogP contribution in [0.5, 0.6) is 0 Å². The van der Waals surface area contributed by atoms with Gasteiger partial charge in [-0.3, -0.25) is 9.59 Å². The van der Waals surface area contributed by atoms with Gasteiger partial charge in [-0.05, 0) is 89.9 Å². The highest BCUT2D eigenvalue weighted by Gasteiger charge is 2.69. The van der Waals surface area contributed by atoms with Crippen molar-refractivity contribution in [3.8, 4) is 0 Å². The zero-order valence-corrected chi connectivity index (χ0v) is 23.1. The summed E-state index contributed by atoms with van der Waals surface area (Å²) in [6.45, 7) is 15.9. The van der Waals surface area contributed by atoms with E-state index in [2.05, 4.69) is 67.2 Å². The van der Waals surface area contributed by atoms with Crippen LogP contribution in [0.1, 0.15) is 93.4 Å². The van der Waals surface area contributed by atoms with Gasteiger partial charge in [0.1, 0.15) is 0 Å². The summed E-state index contributed by atoms with van der Waals surface area (Å²) >= 11 is 4.29. The molecule has 3 saturated carbocycles. The van der Waals surface area contributed by atoms with E-state index in [1.54, 1.807) is 0 Å².